The lowest BCUT2D eigenvalue weighted by Crippen LogP contribution is -2.41. The van der Waals surface area contributed by atoms with Crippen molar-refractivity contribution in [3.8, 4) is 0 Å². The summed E-state index contributed by atoms with van der Waals surface area (Å²) in [5.41, 5.74) is 0.648. The van der Waals surface area contributed by atoms with E-state index in [-0.39, 0.29) is 18.4 Å². The summed E-state index contributed by atoms with van der Waals surface area (Å²) in [6.45, 7) is 3.37. The zero-order chi connectivity index (χ0) is 13.1. The van der Waals surface area contributed by atoms with Crippen molar-refractivity contribution >= 4 is 5.97 Å². The van der Waals surface area contributed by atoms with E-state index in [0.717, 1.165) is 25.8 Å². The lowest BCUT2D eigenvalue weighted by molar-refractivity contribution is 0.0638. The zero-order valence-electron chi connectivity index (χ0n) is 10.6. The fourth-order valence-corrected chi connectivity index (χ4v) is 2.51. The Bertz CT molecular complexity index is 427. The number of carboxylic acid groups (broad SMARTS) is 1. The topological polar surface area (TPSA) is 73.9 Å². The maximum atomic E-state index is 10.9. The molecule has 0 spiro atoms. The number of aliphatic hydroxyl groups is 1. The summed E-state index contributed by atoms with van der Waals surface area (Å²) in [5.74, 6) is -0.357. The Balaban J connectivity index is 2.08. The second-order valence-electron chi connectivity index (χ2n) is 4.83. The Morgan fingerprint density at radius 2 is 2.33 bits per heavy atom. The molecule has 2 heterocycles. The van der Waals surface area contributed by atoms with E-state index in [1.54, 1.807) is 13.0 Å². The number of furan rings is 1. The Labute approximate surface area is 106 Å². The number of aromatic carboxylic acids is 1. The van der Waals surface area contributed by atoms with Gasteiger partial charge in [-0.1, -0.05) is 6.42 Å². The number of hydrogen-bond donors (Lipinski definition) is 2. The minimum atomic E-state index is -1.03. The minimum absolute atomic E-state index is 0.0163. The average molecular weight is 253 g/mol. The molecule has 18 heavy (non-hydrogen) atoms. The van der Waals surface area contributed by atoms with Gasteiger partial charge in [0, 0.05) is 11.6 Å². The van der Waals surface area contributed by atoms with E-state index in [4.69, 9.17) is 9.52 Å². The molecule has 0 aliphatic carbocycles. The number of rotatable bonds is 4. The van der Waals surface area contributed by atoms with Crippen molar-refractivity contribution in [3.05, 3.63) is 23.2 Å². The van der Waals surface area contributed by atoms with Gasteiger partial charge in [-0.05, 0) is 32.4 Å². The van der Waals surface area contributed by atoms with Crippen LogP contribution < -0.4 is 0 Å². The van der Waals surface area contributed by atoms with Crippen LogP contribution in [0.15, 0.2) is 10.5 Å². The first kappa shape index (κ1) is 13.1. The van der Waals surface area contributed by atoms with Crippen molar-refractivity contribution in [1.29, 1.82) is 0 Å². The van der Waals surface area contributed by atoms with Crippen LogP contribution in [-0.4, -0.2) is 40.3 Å². The average Bonchev–Trinajstić information content (AvgIpc) is 2.71. The molecule has 0 radical (unpaired) electrons. The second kappa shape index (κ2) is 5.54. The molecule has 1 unspecified atom stereocenters. The molecule has 0 bridgehead atoms. The Kier molecular flexibility index (Phi) is 4.04. The van der Waals surface area contributed by atoms with Gasteiger partial charge in [0.15, 0.2) is 0 Å². The van der Waals surface area contributed by atoms with Crippen molar-refractivity contribution in [2.24, 2.45) is 0 Å². The van der Waals surface area contributed by atoms with Gasteiger partial charge < -0.3 is 14.6 Å². The van der Waals surface area contributed by atoms with E-state index in [1.807, 2.05) is 0 Å². The maximum absolute atomic E-state index is 10.9. The molecule has 1 aromatic heterocycles. The Morgan fingerprint density at radius 1 is 1.56 bits per heavy atom. The van der Waals surface area contributed by atoms with Crippen LogP contribution in [0.5, 0.6) is 0 Å². The van der Waals surface area contributed by atoms with Gasteiger partial charge in [-0.25, -0.2) is 4.79 Å². The molecular weight excluding hydrogens is 234 g/mol. The summed E-state index contributed by atoms with van der Waals surface area (Å²) in [6, 6.07) is 1.93. The van der Waals surface area contributed by atoms with Gasteiger partial charge >= 0.3 is 5.97 Å². The van der Waals surface area contributed by atoms with Gasteiger partial charge in [0.05, 0.1) is 13.2 Å². The first-order valence-electron chi connectivity index (χ1n) is 6.29. The predicted molar refractivity (Wildman–Crippen MR) is 65.5 cm³/mol. The number of hydrogen-bond acceptors (Lipinski definition) is 4. The third-order valence-electron chi connectivity index (χ3n) is 3.48. The Hall–Kier alpha value is -1.33. The molecule has 2 rings (SSSR count). The first-order chi connectivity index (χ1) is 8.61. The summed E-state index contributed by atoms with van der Waals surface area (Å²) in [4.78, 5) is 13.1. The summed E-state index contributed by atoms with van der Waals surface area (Å²) >= 11 is 0. The SMILES string of the molecule is Cc1cc(CN2CCCCC2CO)oc1C(=O)O. The number of aliphatic hydroxyl groups excluding tert-OH is 1. The summed E-state index contributed by atoms with van der Waals surface area (Å²) in [6.07, 6.45) is 3.24. The largest absolute Gasteiger partial charge is 0.475 e. The molecule has 1 aliphatic heterocycles. The van der Waals surface area contributed by atoms with Crippen LogP contribution in [0.2, 0.25) is 0 Å². The molecule has 2 N–H and O–H groups in total. The number of nitrogens with zero attached hydrogens (tertiary/aromatic N) is 1. The monoisotopic (exact) mass is 253 g/mol. The van der Waals surface area contributed by atoms with Gasteiger partial charge in [0.25, 0.3) is 0 Å². The van der Waals surface area contributed by atoms with Gasteiger partial charge in [0.1, 0.15) is 5.76 Å². The highest BCUT2D eigenvalue weighted by molar-refractivity contribution is 5.86. The first-order valence-corrected chi connectivity index (χ1v) is 6.29. The van der Waals surface area contributed by atoms with Crippen LogP contribution in [0.1, 0.15) is 41.1 Å². The van der Waals surface area contributed by atoms with E-state index in [9.17, 15) is 9.90 Å². The molecular formula is C13H19NO4. The minimum Gasteiger partial charge on any atom is -0.475 e. The lowest BCUT2D eigenvalue weighted by atomic mass is 10.0. The van der Waals surface area contributed by atoms with Crippen molar-refractivity contribution < 1.29 is 19.4 Å². The second-order valence-corrected chi connectivity index (χ2v) is 4.83. The molecule has 1 aliphatic rings. The van der Waals surface area contributed by atoms with Crippen molar-refractivity contribution in [2.75, 3.05) is 13.2 Å². The quantitative estimate of drug-likeness (QED) is 0.853. The van der Waals surface area contributed by atoms with E-state index in [0.29, 0.717) is 17.9 Å². The smallest absolute Gasteiger partial charge is 0.372 e. The van der Waals surface area contributed by atoms with E-state index >= 15 is 0 Å². The van der Waals surface area contributed by atoms with E-state index in [1.165, 1.54) is 0 Å². The molecule has 5 nitrogen and oxygen atoms in total. The fourth-order valence-electron chi connectivity index (χ4n) is 2.51. The molecule has 0 amide bonds. The number of carboxylic acids is 1. The molecule has 0 aromatic carbocycles. The molecule has 1 aromatic rings. The van der Waals surface area contributed by atoms with Crippen LogP contribution in [0, 0.1) is 6.92 Å². The summed E-state index contributed by atoms with van der Waals surface area (Å²) in [5, 5.41) is 18.3. The van der Waals surface area contributed by atoms with Crippen LogP contribution in [-0.2, 0) is 6.54 Å². The summed E-state index contributed by atoms with van der Waals surface area (Å²) in [7, 11) is 0. The highest BCUT2D eigenvalue weighted by Gasteiger charge is 2.23. The molecule has 1 saturated heterocycles. The molecule has 5 heteroatoms. The van der Waals surface area contributed by atoms with Crippen molar-refractivity contribution in [3.63, 3.8) is 0 Å². The summed E-state index contributed by atoms with van der Waals surface area (Å²) < 4.78 is 5.35. The highest BCUT2D eigenvalue weighted by atomic mass is 16.4. The third-order valence-corrected chi connectivity index (χ3v) is 3.48. The highest BCUT2D eigenvalue weighted by Crippen LogP contribution is 2.22. The number of carbonyl (C=O) groups is 1. The fraction of sp³-hybridized carbons (Fsp3) is 0.615. The van der Waals surface area contributed by atoms with Crippen molar-refractivity contribution in [1.82, 2.24) is 4.90 Å². The standard InChI is InChI=1S/C13H19NO4/c1-9-6-11(18-12(9)13(16)17)7-14-5-3-2-4-10(14)8-15/h6,10,15H,2-5,7-8H2,1H3,(H,16,17). The number of likely N-dealkylation sites (tertiary alicyclic amines) is 1. The van der Waals surface area contributed by atoms with Crippen molar-refractivity contribution in [2.45, 2.75) is 38.8 Å². The molecule has 0 saturated carbocycles. The van der Waals surface area contributed by atoms with Crippen LogP contribution in [0.3, 0.4) is 0 Å². The van der Waals surface area contributed by atoms with E-state index < -0.39 is 5.97 Å². The van der Waals surface area contributed by atoms with Gasteiger partial charge in [-0.2, -0.15) is 0 Å². The number of piperidine rings is 1. The third kappa shape index (κ3) is 2.73. The Morgan fingerprint density at radius 3 is 2.94 bits per heavy atom. The van der Waals surface area contributed by atoms with Gasteiger partial charge in [-0.3, -0.25) is 4.90 Å². The van der Waals surface area contributed by atoms with Gasteiger partial charge in [-0.15, -0.1) is 0 Å². The molecule has 1 fully saturated rings. The molecule has 1 atom stereocenters. The van der Waals surface area contributed by atoms with Gasteiger partial charge in [0.2, 0.25) is 5.76 Å². The maximum Gasteiger partial charge on any atom is 0.372 e. The van der Waals surface area contributed by atoms with E-state index in [2.05, 4.69) is 4.90 Å². The van der Waals surface area contributed by atoms with Crippen LogP contribution >= 0.6 is 0 Å². The molecule has 100 valence electrons. The normalized spacial score (nSPS) is 21.1. The lowest BCUT2D eigenvalue weighted by Gasteiger charge is -2.33. The predicted octanol–water partition coefficient (Wildman–Crippen LogP) is 1.63. The van der Waals surface area contributed by atoms with Crippen LogP contribution in [0.25, 0.3) is 0 Å². The zero-order valence-corrected chi connectivity index (χ0v) is 10.6. The number of aryl methyl sites for hydroxylation is 1. The van der Waals surface area contributed by atoms with Crippen LogP contribution in [0.4, 0.5) is 0 Å².